The summed E-state index contributed by atoms with van der Waals surface area (Å²) in [7, 11) is 0. The molecule has 0 aliphatic carbocycles. The molecule has 0 spiro atoms. The van der Waals surface area contributed by atoms with Crippen molar-refractivity contribution >= 4 is 27.5 Å². The Bertz CT molecular complexity index is 523. The van der Waals surface area contributed by atoms with Gasteiger partial charge in [-0.3, -0.25) is 4.79 Å². The summed E-state index contributed by atoms with van der Waals surface area (Å²) in [6.45, 7) is 10.0. The van der Waals surface area contributed by atoms with Crippen LogP contribution in [0.5, 0.6) is 5.75 Å². The molecule has 3 nitrogen and oxygen atoms in total. The van der Waals surface area contributed by atoms with Crippen molar-refractivity contribution in [1.82, 2.24) is 0 Å². The highest BCUT2D eigenvalue weighted by Gasteiger charge is 2.33. The normalized spacial score (nSPS) is 18.4. The summed E-state index contributed by atoms with van der Waals surface area (Å²) in [4.78, 5) is 12.0. The molecule has 1 aliphatic heterocycles. The number of amides is 1. The van der Waals surface area contributed by atoms with Crippen LogP contribution in [0.3, 0.4) is 0 Å². The summed E-state index contributed by atoms with van der Waals surface area (Å²) in [5.74, 6) is 0.892. The van der Waals surface area contributed by atoms with Crippen LogP contribution in [0, 0.1) is 26.7 Å². The van der Waals surface area contributed by atoms with Gasteiger partial charge in [0.1, 0.15) is 5.75 Å². The Morgan fingerprint density at radius 1 is 1.17 bits per heavy atom. The first-order chi connectivity index (χ1) is 8.34. The van der Waals surface area contributed by atoms with Crippen molar-refractivity contribution in [1.29, 1.82) is 0 Å². The molecule has 1 aromatic carbocycles. The van der Waals surface area contributed by atoms with Crippen molar-refractivity contribution in [2.75, 3.05) is 5.32 Å². The van der Waals surface area contributed by atoms with E-state index in [0.29, 0.717) is 0 Å². The summed E-state index contributed by atoms with van der Waals surface area (Å²) in [6, 6.07) is 0. The van der Waals surface area contributed by atoms with E-state index in [1.807, 2.05) is 34.6 Å². The molecule has 4 heteroatoms. The second-order valence-electron chi connectivity index (χ2n) is 5.16. The Morgan fingerprint density at radius 2 is 1.78 bits per heavy atom. The molecule has 0 saturated carbocycles. The van der Waals surface area contributed by atoms with Crippen molar-refractivity contribution in [3.63, 3.8) is 0 Å². The molecule has 1 amide bonds. The van der Waals surface area contributed by atoms with Gasteiger partial charge >= 0.3 is 0 Å². The maximum Gasteiger partial charge on any atom is 0.265 e. The monoisotopic (exact) mass is 311 g/mol. The average Bonchev–Trinajstić information content (AvgIpc) is 2.33. The predicted molar refractivity (Wildman–Crippen MR) is 76.2 cm³/mol. The standard InChI is InChI=1S/C14H18BrNO2/c1-6(2)12-14(17)16-11-8(4)7(3)10(15)9(5)13(11)18-12/h6,12H,1-5H3,(H,16,17). The van der Waals surface area contributed by atoms with Gasteiger partial charge in [0.05, 0.1) is 5.69 Å². The number of hydrogen-bond donors (Lipinski definition) is 1. The van der Waals surface area contributed by atoms with Gasteiger partial charge in [-0.2, -0.15) is 0 Å². The van der Waals surface area contributed by atoms with Crippen LogP contribution in [0.4, 0.5) is 5.69 Å². The molecule has 1 aliphatic rings. The molecule has 0 radical (unpaired) electrons. The van der Waals surface area contributed by atoms with Crippen molar-refractivity contribution in [3.8, 4) is 5.75 Å². The number of rotatable bonds is 1. The second-order valence-corrected chi connectivity index (χ2v) is 5.96. The highest BCUT2D eigenvalue weighted by Crippen LogP contribution is 2.43. The van der Waals surface area contributed by atoms with Crippen LogP contribution in [0.25, 0.3) is 0 Å². The third-order valence-electron chi connectivity index (χ3n) is 3.52. The van der Waals surface area contributed by atoms with Gasteiger partial charge in [0.15, 0.2) is 6.10 Å². The maximum atomic E-state index is 12.0. The van der Waals surface area contributed by atoms with Gasteiger partial charge in [0.25, 0.3) is 5.91 Å². The number of carbonyl (C=O) groups is 1. The molecule has 1 atom stereocenters. The number of hydrogen-bond acceptors (Lipinski definition) is 2. The predicted octanol–water partition coefficient (Wildman–Crippen LogP) is 3.73. The van der Waals surface area contributed by atoms with E-state index in [1.54, 1.807) is 0 Å². The molecule has 0 bridgehead atoms. The highest BCUT2D eigenvalue weighted by molar-refractivity contribution is 9.10. The molecular weight excluding hydrogens is 294 g/mol. The van der Waals surface area contributed by atoms with Gasteiger partial charge in [0, 0.05) is 10.0 Å². The fourth-order valence-electron chi connectivity index (χ4n) is 2.20. The summed E-state index contributed by atoms with van der Waals surface area (Å²) in [5.41, 5.74) is 4.05. The number of halogens is 1. The molecule has 0 fully saturated rings. The number of nitrogens with one attached hydrogen (secondary N) is 1. The van der Waals surface area contributed by atoms with E-state index in [4.69, 9.17) is 4.74 Å². The van der Waals surface area contributed by atoms with Crippen LogP contribution in [0.15, 0.2) is 4.47 Å². The largest absolute Gasteiger partial charge is 0.478 e. The summed E-state index contributed by atoms with van der Waals surface area (Å²) < 4.78 is 6.96. The first-order valence-electron chi connectivity index (χ1n) is 6.11. The van der Waals surface area contributed by atoms with Crippen LogP contribution >= 0.6 is 15.9 Å². The van der Waals surface area contributed by atoms with Gasteiger partial charge in [-0.05, 0) is 37.8 Å². The third kappa shape index (κ3) is 1.92. The molecule has 98 valence electrons. The molecule has 1 N–H and O–H groups in total. The Kier molecular flexibility index (Phi) is 3.41. The minimum atomic E-state index is -0.412. The van der Waals surface area contributed by atoms with Crippen LogP contribution < -0.4 is 10.1 Å². The summed E-state index contributed by atoms with van der Waals surface area (Å²) in [6.07, 6.45) is -0.412. The molecule has 1 heterocycles. The third-order valence-corrected chi connectivity index (χ3v) is 4.71. The Hall–Kier alpha value is -1.03. The van der Waals surface area contributed by atoms with Crippen LogP contribution in [-0.2, 0) is 4.79 Å². The lowest BCUT2D eigenvalue weighted by atomic mass is 9.99. The molecule has 2 rings (SSSR count). The van der Waals surface area contributed by atoms with E-state index in [9.17, 15) is 4.79 Å². The van der Waals surface area contributed by atoms with Crippen LogP contribution in [-0.4, -0.2) is 12.0 Å². The molecule has 18 heavy (non-hydrogen) atoms. The minimum absolute atomic E-state index is 0.0540. The molecule has 0 saturated heterocycles. The van der Waals surface area contributed by atoms with E-state index in [-0.39, 0.29) is 11.8 Å². The van der Waals surface area contributed by atoms with Gasteiger partial charge in [-0.25, -0.2) is 0 Å². The Morgan fingerprint density at radius 3 is 2.33 bits per heavy atom. The number of carbonyl (C=O) groups excluding carboxylic acids is 1. The highest BCUT2D eigenvalue weighted by atomic mass is 79.9. The molecule has 0 aromatic heterocycles. The molecule has 1 unspecified atom stereocenters. The lowest BCUT2D eigenvalue weighted by molar-refractivity contribution is -0.125. The van der Waals surface area contributed by atoms with Crippen molar-refractivity contribution in [2.24, 2.45) is 5.92 Å². The number of ether oxygens (including phenoxy) is 1. The lowest BCUT2D eigenvalue weighted by Gasteiger charge is -2.31. The van der Waals surface area contributed by atoms with Crippen molar-refractivity contribution in [3.05, 3.63) is 21.2 Å². The van der Waals surface area contributed by atoms with E-state index in [2.05, 4.69) is 21.2 Å². The topological polar surface area (TPSA) is 38.3 Å². The molecular formula is C14H18BrNO2. The summed E-state index contributed by atoms with van der Waals surface area (Å²) in [5, 5.41) is 2.98. The van der Waals surface area contributed by atoms with E-state index < -0.39 is 6.10 Å². The Labute approximate surface area is 116 Å². The average molecular weight is 312 g/mol. The fraction of sp³-hybridized carbons (Fsp3) is 0.500. The first-order valence-corrected chi connectivity index (χ1v) is 6.90. The lowest BCUT2D eigenvalue weighted by Crippen LogP contribution is -2.41. The van der Waals surface area contributed by atoms with Gasteiger partial charge < -0.3 is 10.1 Å². The van der Waals surface area contributed by atoms with Crippen molar-refractivity contribution < 1.29 is 9.53 Å². The zero-order valence-corrected chi connectivity index (χ0v) is 12.9. The zero-order chi connectivity index (χ0) is 13.6. The van der Waals surface area contributed by atoms with Gasteiger partial charge in [-0.15, -0.1) is 0 Å². The van der Waals surface area contributed by atoms with E-state index in [0.717, 1.165) is 32.6 Å². The van der Waals surface area contributed by atoms with Gasteiger partial charge in [-0.1, -0.05) is 29.8 Å². The number of anilines is 1. The minimum Gasteiger partial charge on any atom is -0.478 e. The Balaban J connectivity index is 2.60. The fourth-order valence-corrected chi connectivity index (χ4v) is 2.68. The van der Waals surface area contributed by atoms with Crippen LogP contribution in [0.1, 0.15) is 30.5 Å². The number of benzene rings is 1. The smallest absolute Gasteiger partial charge is 0.265 e. The SMILES string of the molecule is Cc1c(C)c2c(c(C)c1Br)OC(C(C)C)C(=O)N2. The maximum absolute atomic E-state index is 12.0. The molecule has 1 aromatic rings. The second kappa shape index (κ2) is 4.57. The quantitative estimate of drug-likeness (QED) is 0.858. The number of fused-ring (bicyclic) bond motifs is 1. The zero-order valence-electron chi connectivity index (χ0n) is 11.3. The summed E-state index contributed by atoms with van der Waals surface area (Å²) >= 11 is 3.59. The van der Waals surface area contributed by atoms with E-state index in [1.165, 1.54) is 0 Å². The van der Waals surface area contributed by atoms with Crippen molar-refractivity contribution in [2.45, 2.75) is 40.7 Å². The van der Waals surface area contributed by atoms with Gasteiger partial charge in [0.2, 0.25) is 0 Å². The first kappa shape index (κ1) is 13.4. The van der Waals surface area contributed by atoms with Crippen LogP contribution in [0.2, 0.25) is 0 Å². The van der Waals surface area contributed by atoms with E-state index >= 15 is 0 Å².